The second kappa shape index (κ2) is 11.6. The Kier molecular flexibility index (Phi) is 4.20. The zero-order valence-corrected chi connectivity index (χ0v) is 23.8. The molecule has 8 rings (SSSR count). The molecule has 8 aromatic rings. The normalized spacial score (nSPS) is 15.2. The molecule has 0 aromatic heterocycles. The SMILES string of the molecule is [2H]c1c([2H])c([2H])c(-c2c([2H])c([2H])c(N(c3c([2H])c([2H])c(-c4c(-c5ccccc5)ccc5ccccc45)c([2H])c3[2H])c3cccc4ccccc34)c([2H])c2[2H])c([2H])c1[2H]. The summed E-state index contributed by atoms with van der Waals surface area (Å²) in [6.07, 6.45) is 0. The van der Waals surface area contributed by atoms with Crippen LogP contribution in [0.5, 0.6) is 0 Å². The van der Waals surface area contributed by atoms with Gasteiger partial charge in [-0.25, -0.2) is 0 Å². The molecule has 0 saturated carbocycles. The molecule has 0 heterocycles. The quantitative estimate of drug-likeness (QED) is 0.187. The molecule has 0 bridgehead atoms. The van der Waals surface area contributed by atoms with E-state index < -0.39 is 95.4 Å². The van der Waals surface area contributed by atoms with Crippen LogP contribution in [0.25, 0.3) is 54.9 Å². The number of fused-ring (bicyclic) bond motifs is 2. The van der Waals surface area contributed by atoms with Gasteiger partial charge in [-0.15, -0.1) is 0 Å². The molecular formula is C44H31N. The van der Waals surface area contributed by atoms with Gasteiger partial charge >= 0.3 is 0 Å². The van der Waals surface area contributed by atoms with E-state index in [1.807, 2.05) is 78.9 Å². The summed E-state index contributed by atoms with van der Waals surface area (Å²) in [5.74, 6) is 0. The van der Waals surface area contributed by atoms with Crippen LogP contribution in [0.15, 0.2) is 188 Å². The molecule has 0 radical (unpaired) electrons. The Labute approximate surface area is 282 Å². The maximum Gasteiger partial charge on any atom is 0.0645 e. The van der Waals surface area contributed by atoms with Crippen LogP contribution in [0.4, 0.5) is 17.1 Å². The van der Waals surface area contributed by atoms with Gasteiger partial charge in [0, 0.05) is 16.8 Å². The summed E-state index contributed by atoms with van der Waals surface area (Å²) in [6, 6.07) is 24.8. The lowest BCUT2D eigenvalue weighted by atomic mass is 9.89. The van der Waals surface area contributed by atoms with E-state index in [0.717, 1.165) is 10.9 Å². The third kappa shape index (κ3) is 5.05. The fraction of sp³-hybridized carbons (Fsp3) is 0. The molecule has 8 aromatic carbocycles. The Hall–Kier alpha value is -5.92. The van der Waals surface area contributed by atoms with E-state index in [1.54, 1.807) is 30.3 Å². The predicted octanol–water partition coefficient (Wildman–Crippen LogP) is 12.5. The summed E-state index contributed by atoms with van der Waals surface area (Å²) in [7, 11) is 0. The van der Waals surface area contributed by atoms with Crippen LogP contribution in [-0.2, 0) is 0 Å². The lowest BCUT2D eigenvalue weighted by Gasteiger charge is -2.27. The third-order valence-corrected chi connectivity index (χ3v) is 7.69. The number of hydrogen-bond acceptors (Lipinski definition) is 1. The average molecular weight is 587 g/mol. The fourth-order valence-corrected chi connectivity index (χ4v) is 5.62. The van der Waals surface area contributed by atoms with Gasteiger partial charge in [-0.3, -0.25) is 0 Å². The van der Waals surface area contributed by atoms with Crippen molar-refractivity contribution in [3.05, 3.63) is 188 Å². The van der Waals surface area contributed by atoms with Crippen molar-refractivity contribution in [2.24, 2.45) is 0 Å². The minimum absolute atomic E-state index is 0.0309. The number of anilines is 3. The highest BCUT2D eigenvalue weighted by Crippen LogP contribution is 2.42. The minimum atomic E-state index is -0.727. The number of nitrogens with zero attached hydrogens (tertiary/aromatic N) is 1. The number of benzene rings is 8. The molecule has 0 atom stereocenters. The van der Waals surface area contributed by atoms with E-state index in [1.165, 1.54) is 4.90 Å². The van der Waals surface area contributed by atoms with E-state index in [0.29, 0.717) is 27.3 Å². The maximum absolute atomic E-state index is 9.63. The van der Waals surface area contributed by atoms with Crippen LogP contribution in [0, 0.1) is 0 Å². The molecule has 0 saturated heterocycles. The van der Waals surface area contributed by atoms with Gasteiger partial charge in [-0.1, -0.05) is 158 Å². The Balaban J connectivity index is 1.48. The Morgan fingerprint density at radius 2 is 0.933 bits per heavy atom. The Morgan fingerprint density at radius 3 is 1.64 bits per heavy atom. The third-order valence-electron chi connectivity index (χ3n) is 7.69. The fourth-order valence-electron chi connectivity index (χ4n) is 5.62. The van der Waals surface area contributed by atoms with E-state index in [2.05, 4.69) is 0 Å². The molecule has 0 aliphatic rings. The van der Waals surface area contributed by atoms with Crippen LogP contribution < -0.4 is 4.90 Å². The van der Waals surface area contributed by atoms with E-state index >= 15 is 0 Å². The van der Waals surface area contributed by atoms with Crippen molar-refractivity contribution >= 4 is 38.6 Å². The van der Waals surface area contributed by atoms with E-state index in [-0.39, 0.29) is 16.9 Å². The molecule has 0 amide bonds. The first kappa shape index (κ1) is 16.2. The van der Waals surface area contributed by atoms with Gasteiger partial charge in [0.2, 0.25) is 0 Å². The molecule has 0 N–H and O–H groups in total. The van der Waals surface area contributed by atoms with Crippen LogP contribution >= 0.6 is 0 Å². The second-order valence-electron chi connectivity index (χ2n) is 10.4. The first-order chi connectivity index (χ1) is 27.8. The van der Waals surface area contributed by atoms with Crippen molar-refractivity contribution < 1.29 is 17.8 Å². The Bertz CT molecular complexity index is 2910. The van der Waals surface area contributed by atoms with Crippen molar-refractivity contribution in [3.63, 3.8) is 0 Å². The van der Waals surface area contributed by atoms with Crippen molar-refractivity contribution in [1.29, 1.82) is 0 Å². The first-order valence-corrected chi connectivity index (χ1v) is 14.4. The van der Waals surface area contributed by atoms with Gasteiger partial charge in [0.05, 0.1) is 23.5 Å². The smallest absolute Gasteiger partial charge is 0.0645 e. The van der Waals surface area contributed by atoms with Crippen LogP contribution in [-0.4, -0.2) is 0 Å². The summed E-state index contributed by atoms with van der Waals surface area (Å²) in [5.41, 5.74) is 0.431. The number of hydrogen-bond donors (Lipinski definition) is 0. The van der Waals surface area contributed by atoms with Gasteiger partial charge < -0.3 is 4.90 Å². The molecule has 0 unspecified atom stereocenters. The highest BCUT2D eigenvalue weighted by molar-refractivity contribution is 6.05. The second-order valence-corrected chi connectivity index (χ2v) is 10.4. The topological polar surface area (TPSA) is 3.24 Å². The van der Waals surface area contributed by atoms with Gasteiger partial charge in [-0.2, -0.15) is 0 Å². The van der Waals surface area contributed by atoms with Crippen LogP contribution in [0.1, 0.15) is 17.8 Å². The molecule has 0 aliphatic heterocycles. The van der Waals surface area contributed by atoms with Crippen molar-refractivity contribution in [2.75, 3.05) is 4.90 Å². The van der Waals surface area contributed by atoms with Gasteiger partial charge in [0.25, 0.3) is 0 Å². The molecule has 212 valence electrons. The van der Waals surface area contributed by atoms with Gasteiger partial charge in [-0.05, 0) is 79.8 Å². The average Bonchev–Trinajstić information content (AvgIpc) is 3.24. The zero-order valence-electron chi connectivity index (χ0n) is 36.8. The van der Waals surface area contributed by atoms with E-state index in [9.17, 15) is 11.0 Å². The standard InChI is InChI=1S/C44H31N/c1-3-12-32(13-4-1)33-22-27-38(28-23-33)45(43-21-11-18-34-16-7-9-19-40(34)43)39-29-24-37(25-30-39)44-41-20-10-8-17-36(41)26-31-42(44)35-14-5-2-6-15-35/h1-31H/i1D,3D,4D,12D,13D,22D,23D,24D,25D,27D,28D,29D,30D. The lowest BCUT2D eigenvalue weighted by Crippen LogP contribution is -2.10. The largest absolute Gasteiger partial charge is 0.310 e. The minimum Gasteiger partial charge on any atom is -0.310 e. The van der Waals surface area contributed by atoms with Gasteiger partial charge in [0.15, 0.2) is 0 Å². The maximum atomic E-state index is 9.63. The summed E-state index contributed by atoms with van der Waals surface area (Å²) >= 11 is 0. The molecule has 1 heteroatoms. The first-order valence-electron chi connectivity index (χ1n) is 20.9. The van der Waals surface area contributed by atoms with Crippen molar-refractivity contribution in [2.45, 2.75) is 0 Å². The van der Waals surface area contributed by atoms with Gasteiger partial charge in [0.1, 0.15) is 0 Å². The molecule has 1 nitrogen and oxygen atoms in total. The van der Waals surface area contributed by atoms with Crippen molar-refractivity contribution in [3.8, 4) is 33.4 Å². The Morgan fingerprint density at radius 1 is 0.378 bits per heavy atom. The molecule has 0 spiro atoms. The molecule has 45 heavy (non-hydrogen) atoms. The summed E-state index contributed by atoms with van der Waals surface area (Å²) in [5, 5.41) is 2.76. The predicted molar refractivity (Wildman–Crippen MR) is 192 cm³/mol. The monoisotopic (exact) mass is 586 g/mol. The summed E-state index contributed by atoms with van der Waals surface area (Å²) < 4.78 is 117. The summed E-state index contributed by atoms with van der Waals surface area (Å²) in [6.45, 7) is 0. The lowest BCUT2D eigenvalue weighted by molar-refractivity contribution is 1.30. The molecular weight excluding hydrogens is 542 g/mol. The van der Waals surface area contributed by atoms with Crippen LogP contribution in [0.3, 0.4) is 0 Å². The molecule has 0 aliphatic carbocycles. The van der Waals surface area contributed by atoms with E-state index in [4.69, 9.17) is 6.85 Å². The molecule has 0 fully saturated rings. The van der Waals surface area contributed by atoms with Crippen molar-refractivity contribution in [1.82, 2.24) is 0 Å². The number of rotatable bonds is 6. The van der Waals surface area contributed by atoms with Crippen LogP contribution in [0.2, 0.25) is 0 Å². The summed E-state index contributed by atoms with van der Waals surface area (Å²) in [4.78, 5) is 1.21. The highest BCUT2D eigenvalue weighted by Gasteiger charge is 2.17. The zero-order chi connectivity index (χ0) is 41.3. The highest BCUT2D eigenvalue weighted by atomic mass is 15.1.